The maximum absolute atomic E-state index is 13.2. The number of unbranched alkanes of at least 4 members (excludes halogenated alkanes) is 1. The summed E-state index contributed by atoms with van der Waals surface area (Å²) >= 11 is 4.24. The molecule has 2 nitrogen and oxygen atoms in total. The third kappa shape index (κ3) is 2.63. The van der Waals surface area contributed by atoms with Gasteiger partial charge in [-0.25, -0.2) is 9.37 Å². The third-order valence-corrected chi connectivity index (χ3v) is 3.08. The Morgan fingerprint density at radius 3 is 2.94 bits per heavy atom. The predicted octanol–water partition coefficient (Wildman–Crippen LogP) is 3.45. The highest BCUT2D eigenvalue weighted by atomic mass is 32.1. The van der Waals surface area contributed by atoms with Crippen LogP contribution in [0.3, 0.4) is 0 Å². The molecule has 2 rings (SSSR count). The van der Waals surface area contributed by atoms with Crippen LogP contribution in [0, 0.1) is 5.82 Å². The van der Waals surface area contributed by atoms with Crippen LogP contribution in [0.25, 0.3) is 11.0 Å². The number of hydrogen-bond acceptors (Lipinski definition) is 2. The van der Waals surface area contributed by atoms with Crippen LogP contribution in [0.1, 0.15) is 25.6 Å². The highest BCUT2D eigenvalue weighted by molar-refractivity contribution is 7.80. The van der Waals surface area contributed by atoms with Crippen LogP contribution < -0.4 is 0 Å². The van der Waals surface area contributed by atoms with E-state index < -0.39 is 0 Å². The van der Waals surface area contributed by atoms with Crippen molar-refractivity contribution >= 4 is 23.7 Å². The Balaban J connectivity index is 2.46. The zero-order valence-corrected chi connectivity index (χ0v) is 10.9. The molecule has 1 aromatic carbocycles. The van der Waals surface area contributed by atoms with Crippen LogP contribution in [0.5, 0.6) is 0 Å². The number of nitrogens with zero attached hydrogens (tertiary/aromatic N) is 2. The SMILES string of the molecule is CCCCn1c(CCS)nc2cc(F)ccc21. The second-order valence-electron chi connectivity index (χ2n) is 4.14. The van der Waals surface area contributed by atoms with Crippen LogP contribution >= 0.6 is 12.6 Å². The Morgan fingerprint density at radius 2 is 2.24 bits per heavy atom. The van der Waals surface area contributed by atoms with Gasteiger partial charge in [-0.2, -0.15) is 12.6 Å². The molecular weight excluding hydrogens is 235 g/mol. The minimum Gasteiger partial charge on any atom is -0.328 e. The summed E-state index contributed by atoms with van der Waals surface area (Å²) in [6.07, 6.45) is 3.08. The summed E-state index contributed by atoms with van der Waals surface area (Å²) in [6, 6.07) is 4.81. The molecule has 92 valence electrons. The van der Waals surface area contributed by atoms with Crippen LogP contribution in [0.4, 0.5) is 4.39 Å². The first-order chi connectivity index (χ1) is 8.26. The molecule has 0 bridgehead atoms. The van der Waals surface area contributed by atoms with E-state index in [9.17, 15) is 4.39 Å². The van der Waals surface area contributed by atoms with Crippen molar-refractivity contribution < 1.29 is 4.39 Å². The first-order valence-electron chi connectivity index (χ1n) is 6.01. The molecule has 0 fully saturated rings. The number of imidazole rings is 1. The van der Waals surface area contributed by atoms with Crippen molar-refractivity contribution in [1.82, 2.24) is 9.55 Å². The average molecular weight is 252 g/mol. The van der Waals surface area contributed by atoms with Crippen molar-refractivity contribution in [1.29, 1.82) is 0 Å². The molecule has 0 aliphatic carbocycles. The summed E-state index contributed by atoms with van der Waals surface area (Å²) < 4.78 is 15.3. The van der Waals surface area contributed by atoms with E-state index in [4.69, 9.17) is 0 Å². The van der Waals surface area contributed by atoms with Crippen LogP contribution in [0.2, 0.25) is 0 Å². The highest BCUT2D eigenvalue weighted by Gasteiger charge is 2.10. The molecular formula is C13H17FN2S. The maximum Gasteiger partial charge on any atom is 0.125 e. The number of hydrogen-bond donors (Lipinski definition) is 1. The summed E-state index contributed by atoms with van der Waals surface area (Å²) in [4.78, 5) is 4.49. The largest absolute Gasteiger partial charge is 0.328 e. The van der Waals surface area contributed by atoms with E-state index in [1.54, 1.807) is 0 Å². The number of halogens is 1. The molecule has 0 aliphatic heterocycles. The highest BCUT2D eigenvalue weighted by Crippen LogP contribution is 2.19. The number of benzene rings is 1. The first kappa shape index (κ1) is 12.4. The van der Waals surface area contributed by atoms with Gasteiger partial charge in [0.25, 0.3) is 0 Å². The molecule has 1 aromatic heterocycles. The fraction of sp³-hybridized carbons (Fsp3) is 0.462. The number of thiol groups is 1. The molecule has 1 heterocycles. The Labute approximate surface area is 106 Å². The molecule has 0 aliphatic rings. The third-order valence-electron chi connectivity index (χ3n) is 2.86. The predicted molar refractivity (Wildman–Crippen MR) is 72.2 cm³/mol. The van der Waals surface area contributed by atoms with Gasteiger partial charge in [0.1, 0.15) is 11.6 Å². The number of aryl methyl sites for hydroxylation is 2. The average Bonchev–Trinajstić information content (AvgIpc) is 2.63. The second-order valence-corrected chi connectivity index (χ2v) is 4.59. The van der Waals surface area contributed by atoms with Gasteiger partial charge in [0.05, 0.1) is 11.0 Å². The molecule has 0 radical (unpaired) electrons. The first-order valence-corrected chi connectivity index (χ1v) is 6.65. The standard InChI is InChI=1S/C13H17FN2S/c1-2-3-7-16-12-5-4-10(14)9-11(12)15-13(16)6-8-17/h4-5,9,17H,2-3,6-8H2,1H3. The van der Waals surface area contributed by atoms with Gasteiger partial charge in [0.2, 0.25) is 0 Å². The molecule has 0 saturated carbocycles. The van der Waals surface area contributed by atoms with E-state index in [0.717, 1.165) is 48.4 Å². The topological polar surface area (TPSA) is 17.8 Å². The normalized spacial score (nSPS) is 11.2. The molecule has 0 atom stereocenters. The molecule has 0 spiro atoms. The molecule has 0 saturated heterocycles. The van der Waals surface area contributed by atoms with Crippen LogP contribution in [0.15, 0.2) is 18.2 Å². The summed E-state index contributed by atoms with van der Waals surface area (Å²) in [6.45, 7) is 3.11. The summed E-state index contributed by atoms with van der Waals surface area (Å²) in [7, 11) is 0. The van der Waals surface area contributed by atoms with Crippen molar-refractivity contribution in [3.63, 3.8) is 0 Å². The summed E-state index contributed by atoms with van der Waals surface area (Å²) in [5.41, 5.74) is 1.77. The zero-order valence-electron chi connectivity index (χ0n) is 9.99. The monoisotopic (exact) mass is 252 g/mol. The van der Waals surface area contributed by atoms with Crippen LogP contribution in [-0.2, 0) is 13.0 Å². The smallest absolute Gasteiger partial charge is 0.125 e. The quantitative estimate of drug-likeness (QED) is 0.807. The van der Waals surface area contributed by atoms with Crippen molar-refractivity contribution in [3.05, 3.63) is 29.8 Å². The van der Waals surface area contributed by atoms with Gasteiger partial charge < -0.3 is 4.57 Å². The van der Waals surface area contributed by atoms with Crippen molar-refractivity contribution in [3.8, 4) is 0 Å². The minimum absolute atomic E-state index is 0.227. The van der Waals surface area contributed by atoms with E-state index in [1.807, 2.05) is 6.07 Å². The van der Waals surface area contributed by atoms with Gasteiger partial charge in [-0.15, -0.1) is 0 Å². The molecule has 4 heteroatoms. The lowest BCUT2D eigenvalue weighted by molar-refractivity contribution is 0.619. The van der Waals surface area contributed by atoms with Gasteiger partial charge in [0, 0.05) is 19.0 Å². The minimum atomic E-state index is -0.227. The Kier molecular flexibility index (Phi) is 4.05. The summed E-state index contributed by atoms with van der Waals surface area (Å²) in [5.74, 6) is 1.54. The Morgan fingerprint density at radius 1 is 1.41 bits per heavy atom. The molecule has 17 heavy (non-hydrogen) atoms. The zero-order chi connectivity index (χ0) is 12.3. The molecule has 0 amide bonds. The Bertz CT molecular complexity index is 507. The van der Waals surface area contributed by atoms with Gasteiger partial charge in [-0.05, 0) is 24.3 Å². The van der Waals surface area contributed by atoms with Crippen molar-refractivity contribution in [2.75, 3.05) is 5.75 Å². The molecule has 2 aromatic rings. The van der Waals surface area contributed by atoms with Gasteiger partial charge in [-0.1, -0.05) is 13.3 Å². The lowest BCUT2D eigenvalue weighted by atomic mass is 10.3. The van der Waals surface area contributed by atoms with Gasteiger partial charge in [-0.3, -0.25) is 0 Å². The van der Waals surface area contributed by atoms with Gasteiger partial charge >= 0.3 is 0 Å². The van der Waals surface area contributed by atoms with E-state index >= 15 is 0 Å². The van der Waals surface area contributed by atoms with Gasteiger partial charge in [0.15, 0.2) is 0 Å². The number of fused-ring (bicyclic) bond motifs is 1. The number of rotatable bonds is 5. The van der Waals surface area contributed by atoms with E-state index in [0.29, 0.717) is 0 Å². The molecule has 0 unspecified atom stereocenters. The number of aromatic nitrogens is 2. The van der Waals surface area contributed by atoms with Crippen molar-refractivity contribution in [2.45, 2.75) is 32.7 Å². The summed E-state index contributed by atoms with van der Waals surface area (Å²) in [5, 5.41) is 0. The van der Waals surface area contributed by atoms with E-state index in [-0.39, 0.29) is 5.82 Å². The van der Waals surface area contributed by atoms with Crippen molar-refractivity contribution in [2.24, 2.45) is 0 Å². The molecule has 0 N–H and O–H groups in total. The fourth-order valence-electron chi connectivity index (χ4n) is 2.01. The maximum atomic E-state index is 13.2. The lowest BCUT2D eigenvalue weighted by Crippen LogP contribution is -2.04. The lowest BCUT2D eigenvalue weighted by Gasteiger charge is -2.07. The van der Waals surface area contributed by atoms with Crippen LogP contribution in [-0.4, -0.2) is 15.3 Å². The van der Waals surface area contributed by atoms with E-state index in [2.05, 4.69) is 29.1 Å². The van der Waals surface area contributed by atoms with E-state index in [1.165, 1.54) is 12.1 Å². The Hall–Kier alpha value is -1.03. The fourth-order valence-corrected chi connectivity index (χ4v) is 2.21. The second kappa shape index (κ2) is 5.54.